The zero-order valence-corrected chi connectivity index (χ0v) is 21.3. The summed E-state index contributed by atoms with van der Waals surface area (Å²) in [5.74, 6) is 1.28. The molecule has 4 fully saturated rings. The first-order valence-electron chi connectivity index (χ1n) is 13.4. The lowest BCUT2D eigenvalue weighted by Crippen LogP contribution is -2.63. The number of hydrogen-bond donors (Lipinski definition) is 2. The number of rotatable bonds is 1. The number of aliphatic carboxylic acids is 1. The van der Waals surface area contributed by atoms with Gasteiger partial charge in [-0.05, 0) is 110 Å². The van der Waals surface area contributed by atoms with Crippen molar-refractivity contribution in [1.82, 2.24) is 0 Å². The maximum Gasteiger partial charge on any atom is 0.310 e. The number of allylic oxidation sites excluding steroid dienone is 2. The quantitative estimate of drug-likeness (QED) is 0.437. The van der Waals surface area contributed by atoms with E-state index in [-0.39, 0.29) is 33.7 Å². The first-order chi connectivity index (χ1) is 14.8. The van der Waals surface area contributed by atoms with Gasteiger partial charge >= 0.3 is 5.97 Å². The van der Waals surface area contributed by atoms with E-state index in [1.165, 1.54) is 18.4 Å². The van der Waals surface area contributed by atoms with Gasteiger partial charge in [0, 0.05) is 0 Å². The van der Waals surface area contributed by atoms with E-state index in [9.17, 15) is 15.0 Å². The zero-order chi connectivity index (χ0) is 23.3. The van der Waals surface area contributed by atoms with Gasteiger partial charge in [0.05, 0.1) is 11.5 Å². The van der Waals surface area contributed by atoms with Crippen LogP contribution in [0, 0.1) is 50.7 Å². The summed E-state index contributed by atoms with van der Waals surface area (Å²) < 4.78 is 0. The molecule has 0 radical (unpaired) electrons. The largest absolute Gasteiger partial charge is 0.481 e. The topological polar surface area (TPSA) is 57.5 Å². The van der Waals surface area contributed by atoms with Crippen LogP contribution in [0.3, 0.4) is 0 Å². The molecule has 9 atom stereocenters. The number of carboxylic acids is 1. The van der Waals surface area contributed by atoms with Crippen molar-refractivity contribution < 1.29 is 15.0 Å². The van der Waals surface area contributed by atoms with Crippen LogP contribution < -0.4 is 0 Å². The molecule has 0 aromatic rings. The second-order valence-corrected chi connectivity index (χ2v) is 14.2. The fourth-order valence-electron chi connectivity index (χ4n) is 10.2. The molecule has 180 valence electrons. The molecule has 32 heavy (non-hydrogen) atoms. The van der Waals surface area contributed by atoms with Crippen LogP contribution in [0.4, 0.5) is 0 Å². The highest BCUT2D eigenvalue weighted by molar-refractivity contribution is 5.76. The van der Waals surface area contributed by atoms with E-state index in [2.05, 4.69) is 47.6 Å². The molecule has 0 amide bonds. The number of aliphatic hydroxyl groups is 1. The molecule has 3 unspecified atom stereocenters. The molecular weight excluding hydrogens is 396 g/mol. The van der Waals surface area contributed by atoms with Crippen molar-refractivity contribution in [1.29, 1.82) is 0 Å². The Bertz CT molecular complexity index is 843. The first-order valence-corrected chi connectivity index (χ1v) is 13.4. The Kier molecular flexibility index (Phi) is 4.92. The summed E-state index contributed by atoms with van der Waals surface area (Å²) in [7, 11) is 0. The molecule has 5 aliphatic carbocycles. The Hall–Kier alpha value is -0.830. The van der Waals surface area contributed by atoms with Gasteiger partial charge in [0.25, 0.3) is 0 Å². The average Bonchev–Trinajstić information content (AvgIpc) is 2.71. The summed E-state index contributed by atoms with van der Waals surface area (Å²) >= 11 is 0. The van der Waals surface area contributed by atoms with E-state index in [4.69, 9.17) is 0 Å². The van der Waals surface area contributed by atoms with Gasteiger partial charge < -0.3 is 10.2 Å². The molecule has 2 N–H and O–H groups in total. The molecule has 0 saturated heterocycles. The van der Waals surface area contributed by atoms with Gasteiger partial charge in [-0.1, -0.05) is 53.2 Å². The van der Waals surface area contributed by atoms with Crippen LogP contribution in [-0.4, -0.2) is 22.3 Å². The molecule has 5 aliphatic rings. The molecule has 4 saturated carbocycles. The fourth-order valence-corrected chi connectivity index (χ4v) is 10.2. The monoisotopic (exact) mass is 442 g/mol. The third-order valence-corrected chi connectivity index (χ3v) is 12.6. The Morgan fingerprint density at radius 1 is 0.969 bits per heavy atom. The molecule has 3 heteroatoms. The van der Waals surface area contributed by atoms with Crippen molar-refractivity contribution in [3.8, 4) is 0 Å². The van der Waals surface area contributed by atoms with Crippen LogP contribution in [0.1, 0.15) is 106 Å². The highest BCUT2D eigenvalue weighted by atomic mass is 16.4. The van der Waals surface area contributed by atoms with Gasteiger partial charge in [0.1, 0.15) is 0 Å². The molecule has 0 aliphatic heterocycles. The predicted octanol–water partition coefficient (Wildman–Crippen LogP) is 6.84. The Morgan fingerprint density at radius 2 is 1.66 bits per heavy atom. The summed E-state index contributed by atoms with van der Waals surface area (Å²) in [4.78, 5) is 12.7. The minimum Gasteiger partial charge on any atom is -0.481 e. The van der Waals surface area contributed by atoms with Crippen LogP contribution in [0.2, 0.25) is 0 Å². The van der Waals surface area contributed by atoms with Crippen molar-refractivity contribution in [3.63, 3.8) is 0 Å². The van der Waals surface area contributed by atoms with E-state index in [0.717, 1.165) is 51.4 Å². The van der Waals surface area contributed by atoms with Crippen LogP contribution >= 0.6 is 0 Å². The minimum atomic E-state index is -0.547. The normalized spacial score (nSPS) is 54.3. The Balaban J connectivity index is 1.59. The lowest BCUT2D eigenvalue weighted by atomic mass is 9.34. The highest BCUT2D eigenvalue weighted by Crippen LogP contribution is 2.74. The van der Waals surface area contributed by atoms with Crippen LogP contribution in [-0.2, 0) is 4.79 Å². The maximum atomic E-state index is 12.7. The van der Waals surface area contributed by atoms with Crippen molar-refractivity contribution in [2.45, 2.75) is 112 Å². The molecule has 5 rings (SSSR count). The van der Waals surface area contributed by atoms with Crippen LogP contribution in [0.25, 0.3) is 0 Å². The van der Waals surface area contributed by atoms with Gasteiger partial charge in [0.15, 0.2) is 0 Å². The highest BCUT2D eigenvalue weighted by Gasteiger charge is 2.68. The van der Waals surface area contributed by atoms with E-state index in [1.807, 2.05) is 0 Å². The zero-order valence-electron chi connectivity index (χ0n) is 21.3. The lowest BCUT2D eigenvalue weighted by molar-refractivity contribution is -0.187. The average molecular weight is 443 g/mol. The molecule has 0 aromatic carbocycles. The van der Waals surface area contributed by atoms with Gasteiger partial charge in [-0.25, -0.2) is 0 Å². The third-order valence-electron chi connectivity index (χ3n) is 12.6. The molecule has 0 aromatic heterocycles. The van der Waals surface area contributed by atoms with E-state index < -0.39 is 11.4 Å². The van der Waals surface area contributed by atoms with Crippen molar-refractivity contribution in [3.05, 3.63) is 11.6 Å². The van der Waals surface area contributed by atoms with Gasteiger partial charge in [-0.15, -0.1) is 0 Å². The molecule has 0 heterocycles. The van der Waals surface area contributed by atoms with E-state index >= 15 is 0 Å². The predicted molar refractivity (Wildman–Crippen MR) is 128 cm³/mol. The number of carbonyl (C=O) groups is 1. The first kappa shape index (κ1) is 22.9. The maximum absolute atomic E-state index is 12.7. The van der Waals surface area contributed by atoms with E-state index in [1.54, 1.807) is 0 Å². The van der Waals surface area contributed by atoms with Crippen LogP contribution in [0.5, 0.6) is 0 Å². The number of fused-ring (bicyclic) bond motifs is 7. The second-order valence-electron chi connectivity index (χ2n) is 14.2. The Labute approximate surface area is 195 Å². The molecular formula is C29H46O3. The standard InChI is InChI=1S/C29H46O3/c1-18-19-9-12-28(6)23(26(19,4)11-10-22(18)30)8-7-20-21-17-25(2,3)13-15-29(21,24(31)32)16-14-27(20,28)5/h7,18-19,21-23,30H,8-17H2,1-6H3,(H,31,32)/t18-,19?,21?,22-,23?,26-,27+,28+,29-/m0/s1. The molecule has 0 bridgehead atoms. The smallest absolute Gasteiger partial charge is 0.310 e. The molecule has 3 nitrogen and oxygen atoms in total. The third kappa shape index (κ3) is 2.72. The summed E-state index contributed by atoms with van der Waals surface area (Å²) in [6.45, 7) is 14.6. The summed E-state index contributed by atoms with van der Waals surface area (Å²) in [6.07, 6.45) is 12.8. The number of hydrogen-bond acceptors (Lipinski definition) is 2. The number of carboxylic acid groups (broad SMARTS) is 1. The van der Waals surface area contributed by atoms with Gasteiger partial charge in [-0.2, -0.15) is 0 Å². The van der Waals surface area contributed by atoms with Crippen molar-refractivity contribution in [2.24, 2.45) is 50.7 Å². The van der Waals surface area contributed by atoms with Crippen molar-refractivity contribution >= 4 is 5.97 Å². The summed E-state index contributed by atoms with van der Waals surface area (Å²) in [5.41, 5.74) is 1.79. The van der Waals surface area contributed by atoms with Crippen molar-refractivity contribution in [2.75, 3.05) is 0 Å². The Morgan fingerprint density at radius 3 is 2.34 bits per heavy atom. The fraction of sp³-hybridized carbons (Fsp3) is 0.897. The van der Waals surface area contributed by atoms with E-state index in [0.29, 0.717) is 17.8 Å². The lowest BCUT2D eigenvalue weighted by Gasteiger charge is -2.70. The molecule has 0 spiro atoms. The van der Waals surface area contributed by atoms with Gasteiger partial charge in [0.2, 0.25) is 0 Å². The van der Waals surface area contributed by atoms with Gasteiger partial charge in [-0.3, -0.25) is 4.79 Å². The summed E-state index contributed by atoms with van der Waals surface area (Å²) in [5, 5.41) is 21.1. The van der Waals surface area contributed by atoms with Crippen LogP contribution in [0.15, 0.2) is 11.6 Å². The SMILES string of the molecule is C[C@H]1C2CC[C@]3(C)C(CC=C4C5CC(C)(C)CC[C@]5(C(=O)O)CC[C@]43C)[C@@]2(C)CC[C@@H]1O. The summed E-state index contributed by atoms with van der Waals surface area (Å²) in [6, 6.07) is 0. The minimum absolute atomic E-state index is 0.0975. The second kappa shape index (κ2) is 6.86. The number of aliphatic hydroxyl groups excluding tert-OH is 1.